The topological polar surface area (TPSA) is 127 Å². The number of unbranched alkanes of at least 4 members (excludes halogenated alkanes) is 1. The van der Waals surface area contributed by atoms with Gasteiger partial charge in [0, 0.05) is 36.5 Å². The van der Waals surface area contributed by atoms with Crippen LogP contribution in [0.15, 0.2) is 0 Å². The predicted octanol–water partition coefficient (Wildman–Crippen LogP) is 2.68. The van der Waals surface area contributed by atoms with E-state index in [1.54, 1.807) is 0 Å². The molecule has 1 saturated heterocycles. The molecule has 0 aromatic carbocycles. The number of rotatable bonds is 6. The van der Waals surface area contributed by atoms with E-state index in [0.29, 0.717) is 6.54 Å². The highest BCUT2D eigenvalue weighted by Crippen LogP contribution is 2.47. The van der Waals surface area contributed by atoms with Crippen molar-refractivity contribution in [1.29, 1.82) is 0 Å². The van der Waals surface area contributed by atoms with Gasteiger partial charge in [-0.2, -0.15) is 0 Å². The second-order valence-corrected chi connectivity index (χ2v) is 9.82. The SMILES string of the molecule is CCCCN1CCCC2(CCc3c(N(C)CCO)nc(C(C)(C)C)nc32)C1.O=CO.O=CO. The Morgan fingerprint density at radius 3 is 2.33 bits per heavy atom. The van der Waals surface area contributed by atoms with Gasteiger partial charge >= 0.3 is 0 Å². The van der Waals surface area contributed by atoms with Crippen LogP contribution in [0.4, 0.5) is 5.82 Å². The molecule has 1 fully saturated rings. The third-order valence-corrected chi connectivity index (χ3v) is 6.29. The zero-order chi connectivity index (χ0) is 25.1. The molecule has 1 aromatic heterocycles. The molecule has 2 aliphatic rings. The van der Waals surface area contributed by atoms with Crippen molar-refractivity contribution in [2.75, 3.05) is 44.7 Å². The highest BCUT2D eigenvalue weighted by molar-refractivity contribution is 5.54. The Hall–Kier alpha value is -2.26. The Balaban J connectivity index is 0.000000819. The standard InChI is InChI=1S/C22H38N4O.2CH2O2/c1-6-7-12-26-13-8-10-22(16-26)11-9-17-18(22)23-20(21(2,3)4)24-19(17)25(5)14-15-27;2*2-1-3/h27H,6-16H2,1-5H3;2*1H,(H,2,3). The van der Waals surface area contributed by atoms with Crippen molar-refractivity contribution in [1.82, 2.24) is 14.9 Å². The van der Waals surface area contributed by atoms with Crippen LogP contribution in [0.5, 0.6) is 0 Å². The molecule has 188 valence electrons. The summed E-state index contributed by atoms with van der Waals surface area (Å²) in [6, 6.07) is 0. The lowest BCUT2D eigenvalue weighted by atomic mass is 9.77. The zero-order valence-corrected chi connectivity index (χ0v) is 20.9. The van der Waals surface area contributed by atoms with Crippen LogP contribution in [0.1, 0.15) is 76.9 Å². The van der Waals surface area contributed by atoms with Gasteiger partial charge in [-0.3, -0.25) is 9.59 Å². The van der Waals surface area contributed by atoms with Gasteiger partial charge in [0.1, 0.15) is 11.6 Å². The molecular formula is C24H42N4O5. The molecule has 0 bridgehead atoms. The van der Waals surface area contributed by atoms with E-state index in [9.17, 15) is 5.11 Å². The van der Waals surface area contributed by atoms with E-state index in [4.69, 9.17) is 29.8 Å². The average molecular weight is 467 g/mol. The monoisotopic (exact) mass is 466 g/mol. The molecule has 0 amide bonds. The van der Waals surface area contributed by atoms with Crippen molar-refractivity contribution in [3.63, 3.8) is 0 Å². The van der Waals surface area contributed by atoms with E-state index < -0.39 is 0 Å². The first-order chi connectivity index (χ1) is 15.6. The fraction of sp³-hybridized carbons (Fsp3) is 0.750. The number of aliphatic hydroxyl groups is 1. The molecule has 0 radical (unpaired) electrons. The number of likely N-dealkylation sites (N-methyl/N-ethyl adjacent to an activating group) is 1. The lowest BCUT2D eigenvalue weighted by Crippen LogP contribution is -2.46. The van der Waals surface area contributed by atoms with Gasteiger partial charge in [-0.1, -0.05) is 34.1 Å². The van der Waals surface area contributed by atoms with Gasteiger partial charge in [-0.05, 0) is 45.2 Å². The number of nitrogens with zero attached hydrogens (tertiary/aromatic N) is 4. The largest absolute Gasteiger partial charge is 0.483 e. The van der Waals surface area contributed by atoms with Crippen molar-refractivity contribution < 1.29 is 24.9 Å². The molecule has 9 nitrogen and oxygen atoms in total. The smallest absolute Gasteiger partial charge is 0.290 e. The van der Waals surface area contributed by atoms with Crippen molar-refractivity contribution in [2.24, 2.45) is 0 Å². The van der Waals surface area contributed by atoms with Crippen LogP contribution < -0.4 is 4.90 Å². The van der Waals surface area contributed by atoms with Crippen LogP contribution in [0.2, 0.25) is 0 Å². The van der Waals surface area contributed by atoms with Crippen LogP contribution in [0.3, 0.4) is 0 Å². The van der Waals surface area contributed by atoms with Gasteiger partial charge in [-0.25, -0.2) is 9.97 Å². The van der Waals surface area contributed by atoms with E-state index >= 15 is 0 Å². The molecule has 33 heavy (non-hydrogen) atoms. The summed E-state index contributed by atoms with van der Waals surface area (Å²) in [6.07, 6.45) is 7.29. The molecule has 2 heterocycles. The fourth-order valence-corrected chi connectivity index (χ4v) is 4.73. The summed E-state index contributed by atoms with van der Waals surface area (Å²) in [4.78, 5) is 31.7. The summed E-state index contributed by atoms with van der Waals surface area (Å²) in [6.45, 7) is 12.7. The number of hydrogen-bond donors (Lipinski definition) is 3. The Kier molecular flexibility index (Phi) is 11.7. The predicted molar refractivity (Wildman–Crippen MR) is 129 cm³/mol. The van der Waals surface area contributed by atoms with Gasteiger partial charge < -0.3 is 25.1 Å². The van der Waals surface area contributed by atoms with Gasteiger partial charge in [0.2, 0.25) is 0 Å². The van der Waals surface area contributed by atoms with Gasteiger partial charge in [0.25, 0.3) is 12.9 Å². The Morgan fingerprint density at radius 1 is 1.15 bits per heavy atom. The minimum atomic E-state index is -0.250. The maximum Gasteiger partial charge on any atom is 0.290 e. The van der Waals surface area contributed by atoms with Gasteiger partial charge in [-0.15, -0.1) is 0 Å². The van der Waals surface area contributed by atoms with Crippen molar-refractivity contribution >= 4 is 18.8 Å². The lowest BCUT2D eigenvalue weighted by molar-refractivity contribution is -0.123. The van der Waals surface area contributed by atoms with E-state index in [2.05, 4.69) is 37.5 Å². The van der Waals surface area contributed by atoms with E-state index in [-0.39, 0.29) is 30.4 Å². The normalized spacial score (nSPS) is 19.6. The summed E-state index contributed by atoms with van der Waals surface area (Å²) >= 11 is 0. The molecule has 1 aliphatic carbocycles. The Bertz CT molecular complexity index is 747. The molecule has 0 saturated carbocycles. The quantitative estimate of drug-likeness (QED) is 0.542. The number of fused-ring (bicyclic) bond motifs is 2. The number of aromatic nitrogens is 2. The van der Waals surface area contributed by atoms with Crippen LogP contribution in [-0.2, 0) is 26.8 Å². The summed E-state index contributed by atoms with van der Waals surface area (Å²) in [5.74, 6) is 1.98. The first-order valence-corrected chi connectivity index (χ1v) is 11.8. The summed E-state index contributed by atoms with van der Waals surface area (Å²) in [5, 5.41) is 23.2. The highest BCUT2D eigenvalue weighted by atomic mass is 16.3. The minimum absolute atomic E-state index is 0.0792. The molecule has 3 rings (SSSR count). The fourth-order valence-electron chi connectivity index (χ4n) is 4.73. The van der Waals surface area contributed by atoms with Crippen LogP contribution in [-0.4, -0.2) is 83.0 Å². The molecule has 9 heteroatoms. The van der Waals surface area contributed by atoms with Crippen molar-refractivity contribution in [2.45, 2.75) is 77.0 Å². The number of carboxylic acid groups (broad SMARTS) is 2. The summed E-state index contributed by atoms with van der Waals surface area (Å²) in [5.41, 5.74) is 2.75. The molecule has 1 aliphatic heterocycles. The number of carbonyl (C=O) groups is 2. The third-order valence-electron chi connectivity index (χ3n) is 6.29. The number of anilines is 1. The summed E-state index contributed by atoms with van der Waals surface area (Å²) < 4.78 is 0. The first kappa shape index (κ1) is 28.8. The molecule has 1 unspecified atom stereocenters. The lowest BCUT2D eigenvalue weighted by Gasteiger charge is -2.41. The number of likely N-dealkylation sites (tertiary alicyclic amines) is 1. The van der Waals surface area contributed by atoms with Crippen LogP contribution in [0, 0.1) is 0 Å². The molecule has 3 N–H and O–H groups in total. The highest BCUT2D eigenvalue weighted by Gasteiger charge is 2.45. The number of hydrogen-bond acceptors (Lipinski definition) is 7. The van der Waals surface area contributed by atoms with Crippen molar-refractivity contribution in [3.8, 4) is 0 Å². The van der Waals surface area contributed by atoms with Crippen LogP contribution >= 0.6 is 0 Å². The molecule has 1 aromatic rings. The second-order valence-electron chi connectivity index (χ2n) is 9.82. The maximum atomic E-state index is 9.44. The van der Waals surface area contributed by atoms with Gasteiger partial charge in [0.05, 0.1) is 12.3 Å². The summed E-state index contributed by atoms with van der Waals surface area (Å²) in [7, 11) is 2.05. The van der Waals surface area contributed by atoms with Crippen molar-refractivity contribution in [3.05, 3.63) is 17.1 Å². The zero-order valence-electron chi connectivity index (χ0n) is 20.9. The number of aliphatic hydroxyl groups excluding tert-OH is 1. The van der Waals surface area contributed by atoms with E-state index in [1.807, 2.05) is 7.05 Å². The maximum absolute atomic E-state index is 9.44. The Morgan fingerprint density at radius 2 is 1.79 bits per heavy atom. The Labute approximate surface area is 197 Å². The minimum Gasteiger partial charge on any atom is -0.483 e. The van der Waals surface area contributed by atoms with Gasteiger partial charge in [0.15, 0.2) is 0 Å². The molecular weight excluding hydrogens is 424 g/mol. The van der Waals surface area contributed by atoms with E-state index in [1.165, 1.54) is 56.5 Å². The second kappa shape index (κ2) is 13.4. The molecule has 1 atom stereocenters. The molecule has 1 spiro atoms. The third kappa shape index (κ3) is 7.64. The first-order valence-electron chi connectivity index (χ1n) is 11.8. The van der Waals surface area contributed by atoms with Crippen LogP contribution in [0.25, 0.3) is 0 Å². The number of piperidine rings is 1. The average Bonchev–Trinajstić information content (AvgIpc) is 3.10. The van der Waals surface area contributed by atoms with E-state index in [0.717, 1.165) is 24.6 Å².